The molecule has 1 heterocycles. The molecule has 17 heavy (non-hydrogen) atoms. The molecule has 0 aliphatic carbocycles. The lowest BCUT2D eigenvalue weighted by Crippen LogP contribution is -2.26. The largest absolute Gasteiger partial charge is 0.368 e. The van der Waals surface area contributed by atoms with Gasteiger partial charge in [-0.05, 0) is 36.5 Å². The lowest BCUT2D eigenvalue weighted by molar-refractivity contribution is 0.628. The van der Waals surface area contributed by atoms with Crippen LogP contribution < -0.4 is 11.1 Å². The zero-order valence-corrected chi connectivity index (χ0v) is 9.83. The first-order chi connectivity index (χ1) is 8.11. The molecule has 0 saturated heterocycles. The van der Waals surface area contributed by atoms with Crippen molar-refractivity contribution in [2.45, 2.75) is 0 Å². The van der Waals surface area contributed by atoms with Crippen molar-refractivity contribution in [1.82, 2.24) is 20.1 Å². The molecule has 88 valence electrons. The van der Waals surface area contributed by atoms with Crippen LogP contribution in [0.15, 0.2) is 24.3 Å². The number of halogens is 1. The molecule has 0 saturated carbocycles. The number of hydrogen-bond acceptors (Lipinski definition) is 4. The van der Waals surface area contributed by atoms with Gasteiger partial charge >= 0.3 is 0 Å². The molecule has 1 aromatic heterocycles. The van der Waals surface area contributed by atoms with Crippen molar-refractivity contribution in [1.29, 1.82) is 0 Å². The van der Waals surface area contributed by atoms with Crippen LogP contribution >= 0.6 is 12.2 Å². The average Bonchev–Trinajstić information content (AvgIpc) is 2.71. The summed E-state index contributed by atoms with van der Waals surface area (Å²) in [5.41, 5.74) is 6.35. The molecule has 2 rings (SSSR count). The summed E-state index contributed by atoms with van der Waals surface area (Å²) in [6.07, 6.45) is 0. The van der Waals surface area contributed by atoms with Gasteiger partial charge in [-0.15, -0.1) is 5.10 Å². The van der Waals surface area contributed by atoms with Crippen LogP contribution in [0.25, 0.3) is 11.4 Å². The lowest BCUT2D eigenvalue weighted by Gasteiger charge is -2.01. The van der Waals surface area contributed by atoms with Gasteiger partial charge in [-0.3, -0.25) is 0 Å². The average molecular weight is 251 g/mol. The summed E-state index contributed by atoms with van der Waals surface area (Å²) in [7, 11) is 1.67. The van der Waals surface area contributed by atoms with Gasteiger partial charge in [0.15, 0.2) is 10.9 Å². The van der Waals surface area contributed by atoms with Gasteiger partial charge in [0.2, 0.25) is 5.95 Å². The number of rotatable bonds is 1. The molecule has 0 aliphatic heterocycles. The van der Waals surface area contributed by atoms with E-state index in [1.165, 1.54) is 16.8 Å². The summed E-state index contributed by atoms with van der Waals surface area (Å²) in [6, 6.07) is 5.83. The van der Waals surface area contributed by atoms with Gasteiger partial charge in [-0.2, -0.15) is 9.67 Å². The minimum Gasteiger partial charge on any atom is -0.368 e. The molecule has 0 unspecified atom stereocenters. The van der Waals surface area contributed by atoms with E-state index >= 15 is 0 Å². The van der Waals surface area contributed by atoms with Gasteiger partial charge in [0, 0.05) is 12.6 Å². The molecule has 0 spiro atoms. The Kier molecular flexibility index (Phi) is 3.01. The van der Waals surface area contributed by atoms with Crippen LogP contribution in [0.1, 0.15) is 0 Å². The normalized spacial score (nSPS) is 10.2. The van der Waals surface area contributed by atoms with Crippen molar-refractivity contribution < 1.29 is 4.39 Å². The number of thiocarbonyl (C=S) groups is 1. The van der Waals surface area contributed by atoms with Crippen molar-refractivity contribution in [3.8, 4) is 11.4 Å². The van der Waals surface area contributed by atoms with E-state index in [-0.39, 0.29) is 11.8 Å². The fourth-order valence-corrected chi connectivity index (χ4v) is 1.44. The van der Waals surface area contributed by atoms with Gasteiger partial charge in [-0.25, -0.2) is 4.39 Å². The van der Waals surface area contributed by atoms with Gasteiger partial charge < -0.3 is 11.1 Å². The molecule has 0 fully saturated rings. The van der Waals surface area contributed by atoms with Crippen molar-refractivity contribution in [2.24, 2.45) is 0 Å². The standard InChI is InChI=1S/C10H10FN5S/c1-13-10(17)16-9(12)14-8(15-16)6-2-4-7(11)5-3-6/h2-5H,1H3,(H,13,17)(H2,12,14,15). The Morgan fingerprint density at radius 3 is 2.65 bits per heavy atom. The number of nitrogens with two attached hydrogens (primary N) is 1. The van der Waals surface area contributed by atoms with E-state index in [4.69, 9.17) is 18.0 Å². The Labute approximate surface area is 102 Å². The molecule has 0 aliphatic rings. The highest BCUT2D eigenvalue weighted by Gasteiger charge is 2.11. The van der Waals surface area contributed by atoms with Crippen LogP contribution in [0.3, 0.4) is 0 Å². The second-order valence-corrected chi connectivity index (χ2v) is 3.65. The summed E-state index contributed by atoms with van der Waals surface area (Å²) in [5, 5.41) is 7.23. The Balaban J connectivity index is 2.41. The van der Waals surface area contributed by atoms with E-state index in [2.05, 4.69) is 15.4 Å². The Hall–Kier alpha value is -2.02. The second kappa shape index (κ2) is 4.46. The van der Waals surface area contributed by atoms with Crippen LogP contribution in [-0.2, 0) is 0 Å². The van der Waals surface area contributed by atoms with Crippen LogP contribution in [-0.4, -0.2) is 26.9 Å². The predicted molar refractivity (Wildman–Crippen MR) is 66.9 cm³/mol. The van der Waals surface area contributed by atoms with E-state index in [1.807, 2.05) is 0 Å². The van der Waals surface area contributed by atoms with Crippen molar-refractivity contribution >= 4 is 23.3 Å². The Morgan fingerprint density at radius 1 is 1.41 bits per heavy atom. The maximum absolute atomic E-state index is 12.8. The molecule has 2 aromatic rings. The van der Waals surface area contributed by atoms with Crippen molar-refractivity contribution in [3.05, 3.63) is 30.1 Å². The van der Waals surface area contributed by atoms with Gasteiger partial charge in [0.1, 0.15) is 5.82 Å². The summed E-state index contributed by atoms with van der Waals surface area (Å²) in [5.74, 6) is 0.274. The summed E-state index contributed by atoms with van der Waals surface area (Å²) in [6.45, 7) is 0. The molecular formula is C10H10FN5S. The first kappa shape index (κ1) is 11.5. The van der Waals surface area contributed by atoms with Crippen LogP contribution in [0.2, 0.25) is 0 Å². The molecule has 0 bridgehead atoms. The third kappa shape index (κ3) is 2.23. The van der Waals surface area contributed by atoms with E-state index in [0.29, 0.717) is 16.5 Å². The highest BCUT2D eigenvalue weighted by Crippen LogP contribution is 2.16. The maximum atomic E-state index is 12.8. The van der Waals surface area contributed by atoms with E-state index < -0.39 is 0 Å². The molecular weight excluding hydrogens is 241 g/mol. The molecule has 1 aromatic carbocycles. The van der Waals surface area contributed by atoms with Crippen LogP contribution in [0.5, 0.6) is 0 Å². The molecule has 0 amide bonds. The Morgan fingerprint density at radius 2 is 2.06 bits per heavy atom. The molecule has 0 radical (unpaired) electrons. The maximum Gasteiger partial charge on any atom is 0.226 e. The fourth-order valence-electron chi connectivity index (χ4n) is 1.30. The molecule has 7 heteroatoms. The number of hydrogen-bond donors (Lipinski definition) is 2. The number of nitrogen functional groups attached to an aromatic ring is 1. The molecule has 0 atom stereocenters. The summed E-state index contributed by atoms with van der Waals surface area (Å²) in [4.78, 5) is 4.06. The zero-order chi connectivity index (χ0) is 12.4. The topological polar surface area (TPSA) is 68.8 Å². The highest BCUT2D eigenvalue weighted by molar-refractivity contribution is 7.80. The first-order valence-electron chi connectivity index (χ1n) is 4.82. The van der Waals surface area contributed by atoms with E-state index in [1.54, 1.807) is 19.2 Å². The van der Waals surface area contributed by atoms with E-state index in [9.17, 15) is 4.39 Å². The third-order valence-electron chi connectivity index (χ3n) is 2.14. The van der Waals surface area contributed by atoms with Crippen molar-refractivity contribution in [2.75, 3.05) is 12.8 Å². The quantitative estimate of drug-likeness (QED) is 0.741. The lowest BCUT2D eigenvalue weighted by atomic mass is 10.2. The molecule has 5 nitrogen and oxygen atoms in total. The minimum atomic E-state index is -0.313. The SMILES string of the molecule is CNC(=S)n1nc(-c2ccc(F)cc2)nc1N. The number of nitrogens with zero attached hydrogens (tertiary/aromatic N) is 3. The van der Waals surface area contributed by atoms with Gasteiger partial charge in [0.25, 0.3) is 0 Å². The number of aromatic nitrogens is 3. The summed E-state index contributed by atoms with van der Waals surface area (Å²) >= 11 is 5.00. The monoisotopic (exact) mass is 251 g/mol. The smallest absolute Gasteiger partial charge is 0.226 e. The number of anilines is 1. The van der Waals surface area contributed by atoms with Gasteiger partial charge in [0.05, 0.1) is 0 Å². The highest BCUT2D eigenvalue weighted by atomic mass is 32.1. The minimum absolute atomic E-state index is 0.184. The molecule has 3 N–H and O–H groups in total. The predicted octanol–water partition coefficient (Wildman–Crippen LogP) is 1.02. The van der Waals surface area contributed by atoms with Gasteiger partial charge in [-0.1, -0.05) is 0 Å². The second-order valence-electron chi connectivity index (χ2n) is 3.27. The third-order valence-corrected chi connectivity index (χ3v) is 2.52. The first-order valence-corrected chi connectivity index (χ1v) is 5.23. The fraction of sp³-hybridized carbons (Fsp3) is 0.100. The Bertz CT molecular complexity index is 548. The van der Waals surface area contributed by atoms with E-state index in [0.717, 1.165) is 0 Å². The zero-order valence-electron chi connectivity index (χ0n) is 9.01. The van der Waals surface area contributed by atoms with Crippen LogP contribution in [0.4, 0.5) is 10.3 Å². The van der Waals surface area contributed by atoms with Crippen LogP contribution in [0, 0.1) is 5.82 Å². The summed E-state index contributed by atoms with van der Waals surface area (Å²) < 4.78 is 14.1. The number of nitrogens with one attached hydrogen (secondary N) is 1. The number of benzene rings is 1. The van der Waals surface area contributed by atoms with Crippen molar-refractivity contribution in [3.63, 3.8) is 0 Å².